The van der Waals surface area contributed by atoms with Crippen LogP contribution in [-0.4, -0.2) is 158 Å². The highest BCUT2D eigenvalue weighted by molar-refractivity contribution is 8.00. The minimum atomic E-state index is -1.52. The zero-order chi connectivity index (χ0) is 50.0. The van der Waals surface area contributed by atoms with Gasteiger partial charge in [-0.25, -0.2) is 0 Å². The van der Waals surface area contributed by atoms with Crippen LogP contribution in [-0.2, 0) is 95.1 Å². The summed E-state index contributed by atoms with van der Waals surface area (Å²) in [5.41, 5.74) is -1.09. The van der Waals surface area contributed by atoms with Crippen LogP contribution in [0.5, 0.6) is 0 Å². The average Bonchev–Trinajstić information content (AvgIpc) is 3.22. The summed E-state index contributed by atoms with van der Waals surface area (Å²) in [6, 6.07) is 0.845. The predicted octanol–water partition coefficient (Wildman–Crippen LogP) is 2.24. The summed E-state index contributed by atoms with van der Waals surface area (Å²) >= 11 is 0.998. The van der Waals surface area contributed by atoms with Gasteiger partial charge < -0.3 is 66.9 Å². The molecule has 4 saturated heterocycles. The number of hydrogen-bond acceptors (Lipinski definition) is 22. The molecule has 0 radical (unpaired) electrons. The highest BCUT2D eigenvalue weighted by Crippen LogP contribution is 2.42. The van der Waals surface area contributed by atoms with E-state index in [2.05, 4.69) is 5.32 Å². The third kappa shape index (κ3) is 14.9. The van der Waals surface area contributed by atoms with Crippen molar-refractivity contribution in [3.05, 3.63) is 0 Å². The minimum Gasteiger partial charge on any atom is -0.463 e. The van der Waals surface area contributed by atoms with Crippen molar-refractivity contribution in [1.29, 1.82) is 5.26 Å². The van der Waals surface area contributed by atoms with Crippen LogP contribution in [0, 0.1) is 35.0 Å². The molecule has 4 aliphatic heterocycles. The number of rotatable bonds is 17. The third-order valence-electron chi connectivity index (χ3n) is 12.2. The van der Waals surface area contributed by atoms with E-state index in [0.717, 1.165) is 18.7 Å². The molecule has 8 unspecified atom stereocenters. The van der Waals surface area contributed by atoms with Crippen LogP contribution in [0.25, 0.3) is 0 Å². The number of nitrogens with one attached hydrogen (secondary N) is 1. The van der Waals surface area contributed by atoms with Gasteiger partial charge in [0.05, 0.1) is 36.2 Å². The fraction of sp³-hybridized carbons (Fsp3) is 0.818. The number of nitriles is 1. The van der Waals surface area contributed by atoms with Gasteiger partial charge in [0.2, 0.25) is 5.91 Å². The molecule has 1 N–H and O–H groups in total. The number of carbonyl (C=O) groups is 7. The first-order chi connectivity index (χ1) is 31.4. The van der Waals surface area contributed by atoms with Crippen LogP contribution >= 0.6 is 11.8 Å². The quantitative estimate of drug-likeness (QED) is 0.162. The Morgan fingerprint density at radius 3 is 1.34 bits per heavy atom. The van der Waals surface area contributed by atoms with Gasteiger partial charge in [0.1, 0.15) is 55.3 Å². The van der Waals surface area contributed by atoms with E-state index in [-0.39, 0.29) is 12.4 Å². The Morgan fingerprint density at radius 1 is 0.493 bits per heavy atom. The summed E-state index contributed by atoms with van der Waals surface area (Å²) in [6.07, 6.45) is -16.6. The van der Waals surface area contributed by atoms with Gasteiger partial charge in [0.25, 0.3) is 0 Å². The van der Waals surface area contributed by atoms with E-state index < -0.39 is 169 Å². The van der Waals surface area contributed by atoms with Crippen molar-refractivity contribution < 1.29 is 95.1 Å². The number of ether oxygens (including phenoxy) is 13. The first kappa shape index (κ1) is 55.4. The van der Waals surface area contributed by atoms with Crippen molar-refractivity contribution in [2.24, 2.45) is 23.7 Å². The monoisotopic (exact) mass is 974 g/mol. The van der Waals surface area contributed by atoms with Gasteiger partial charge in [0.15, 0.2) is 31.1 Å². The van der Waals surface area contributed by atoms with Crippen molar-refractivity contribution in [3.63, 3.8) is 0 Å². The average molecular weight is 975 g/mol. The molecule has 0 bridgehead atoms. The second-order valence-corrected chi connectivity index (χ2v) is 18.4. The summed E-state index contributed by atoms with van der Waals surface area (Å²) < 4.78 is 80.1. The molecule has 0 aliphatic carbocycles. The Labute approximate surface area is 394 Å². The molecule has 0 aromatic rings. The number of thioether (sulfide) groups is 1. The molecule has 0 spiro atoms. The summed E-state index contributed by atoms with van der Waals surface area (Å²) in [4.78, 5) is 87.7. The smallest absolute Gasteiger partial charge is 0.303 e. The topological polar surface area (TPSA) is 275 Å². The zero-order valence-electron chi connectivity index (χ0n) is 40.2. The third-order valence-corrected chi connectivity index (χ3v) is 13.3. The van der Waals surface area contributed by atoms with E-state index in [9.17, 15) is 38.8 Å². The minimum absolute atomic E-state index is 0.139. The number of hydrogen-bond donors (Lipinski definition) is 1. The van der Waals surface area contributed by atoms with Crippen molar-refractivity contribution in [2.75, 3.05) is 19.0 Å². The van der Waals surface area contributed by atoms with E-state index in [1.807, 2.05) is 19.9 Å². The maximum atomic E-state index is 13.1. The lowest BCUT2D eigenvalue weighted by Gasteiger charge is -2.52. The molecule has 378 valence electrons. The van der Waals surface area contributed by atoms with Gasteiger partial charge in [-0.2, -0.15) is 5.26 Å². The van der Waals surface area contributed by atoms with Crippen LogP contribution in [0.2, 0.25) is 0 Å². The van der Waals surface area contributed by atoms with Crippen LogP contribution in [0.3, 0.4) is 0 Å². The maximum Gasteiger partial charge on any atom is 0.303 e. The lowest BCUT2D eigenvalue weighted by atomic mass is 9.83. The van der Waals surface area contributed by atoms with E-state index in [1.165, 1.54) is 41.5 Å². The van der Waals surface area contributed by atoms with E-state index in [4.69, 9.17) is 61.6 Å². The van der Waals surface area contributed by atoms with Crippen LogP contribution < -0.4 is 5.32 Å². The highest BCUT2D eigenvalue weighted by atomic mass is 32.2. The summed E-state index contributed by atoms with van der Waals surface area (Å²) in [5, 5.41) is 12.6. The van der Waals surface area contributed by atoms with E-state index >= 15 is 0 Å². The Balaban J connectivity index is 1.93. The molecule has 0 aromatic carbocycles. The van der Waals surface area contributed by atoms with Crippen molar-refractivity contribution in [1.82, 2.24) is 5.32 Å². The Morgan fingerprint density at radius 2 is 0.910 bits per heavy atom. The summed E-state index contributed by atoms with van der Waals surface area (Å²) in [6.45, 7) is 18.3. The van der Waals surface area contributed by atoms with Crippen molar-refractivity contribution >= 4 is 53.5 Å². The fourth-order valence-corrected chi connectivity index (χ4v) is 9.36. The standard InChI is InChI=1S/C44H66N2O20S/c1-18-19(2)36(64-42-39(60-29(12)52)34(58-27(10)50)20(3)22(5)56-42)41(62-31(18)16-54-25(8)48)66-38-33(46-24(7)47)44(67-15-14-45)63-32(17-55-26(9)49)37(38)65-43-40(61-30(13)53)35(59-28(11)51)21(4)23(6)57-43/h18-23,31-44H,15-17H2,1-13H3,(H,46,47)/t18-,19?,20-,21-,22+,23?,31+,32+,33?,34?,35+,36?,37-,38?,39?,40?,41+,42+,43+,44+/m1/s1. The van der Waals surface area contributed by atoms with Crippen molar-refractivity contribution in [2.45, 2.75) is 188 Å². The second kappa shape index (κ2) is 24.9. The van der Waals surface area contributed by atoms with Crippen LogP contribution in [0.1, 0.15) is 90.0 Å². The van der Waals surface area contributed by atoms with Gasteiger partial charge in [-0.1, -0.05) is 27.7 Å². The predicted molar refractivity (Wildman–Crippen MR) is 228 cm³/mol. The molecule has 20 atom stereocenters. The molecule has 4 fully saturated rings. The Bertz CT molecular complexity index is 1800. The first-order valence-electron chi connectivity index (χ1n) is 22.2. The SMILES string of the molecule is CC(=O)NC1C(O[C@@H]2O[C@@H](COC(C)=O)[C@H](C)C(C)C2O[C@@H]2O[C@@H](C)[C@@H](C)C(OC(C)=O)C2OC(C)=O)[C@H](O[C@@H]2OC(C)[C@@H](C)[C@H](OC(C)=O)C2OC(C)=O)[C@H](COC(C)=O)O[C@H]1SCC#N. The number of esters is 6. The molecule has 4 aliphatic rings. The first-order valence-corrected chi connectivity index (χ1v) is 23.3. The van der Waals surface area contributed by atoms with Crippen LogP contribution in [0.15, 0.2) is 0 Å². The molecular weight excluding hydrogens is 909 g/mol. The number of nitrogens with zero attached hydrogens (tertiary/aromatic N) is 1. The van der Waals surface area contributed by atoms with Crippen LogP contribution in [0.4, 0.5) is 0 Å². The summed E-state index contributed by atoms with van der Waals surface area (Å²) in [5.74, 6) is -6.72. The highest BCUT2D eigenvalue weighted by Gasteiger charge is 2.57. The fourth-order valence-electron chi connectivity index (χ4n) is 8.47. The molecule has 0 aromatic heterocycles. The number of carbonyl (C=O) groups excluding carboxylic acids is 7. The number of amides is 1. The molecule has 67 heavy (non-hydrogen) atoms. The van der Waals surface area contributed by atoms with Gasteiger partial charge in [-0.3, -0.25) is 33.6 Å². The van der Waals surface area contributed by atoms with E-state index in [1.54, 1.807) is 27.7 Å². The molecule has 1 amide bonds. The lowest BCUT2D eigenvalue weighted by Crippen LogP contribution is -2.68. The van der Waals surface area contributed by atoms with Crippen molar-refractivity contribution in [3.8, 4) is 6.07 Å². The molecule has 23 heteroatoms. The Kier molecular flexibility index (Phi) is 20.6. The summed E-state index contributed by atoms with van der Waals surface area (Å²) in [7, 11) is 0. The molecule has 0 saturated carbocycles. The second-order valence-electron chi connectivity index (χ2n) is 17.3. The van der Waals surface area contributed by atoms with E-state index in [0.29, 0.717) is 0 Å². The van der Waals surface area contributed by atoms with Gasteiger partial charge in [-0.15, -0.1) is 11.8 Å². The van der Waals surface area contributed by atoms with Gasteiger partial charge in [-0.05, 0) is 25.7 Å². The zero-order valence-corrected chi connectivity index (χ0v) is 41.0. The van der Waals surface area contributed by atoms with Gasteiger partial charge >= 0.3 is 35.8 Å². The molecule has 4 heterocycles. The molecular formula is C44H66N2O20S. The largest absolute Gasteiger partial charge is 0.463 e. The van der Waals surface area contributed by atoms with Gasteiger partial charge in [0, 0.05) is 60.3 Å². The maximum absolute atomic E-state index is 13.1. The lowest BCUT2D eigenvalue weighted by molar-refractivity contribution is -0.372. The normalized spacial score (nSPS) is 38.5. The Hall–Kier alpha value is -4.15. The molecule has 4 rings (SSSR count). The molecule has 22 nitrogen and oxygen atoms in total.